The summed E-state index contributed by atoms with van der Waals surface area (Å²) in [6.07, 6.45) is 1.48. The van der Waals surface area contributed by atoms with Gasteiger partial charge in [0.15, 0.2) is 0 Å². The van der Waals surface area contributed by atoms with Crippen LogP contribution in [0.1, 0.15) is 17.4 Å². The van der Waals surface area contributed by atoms with Gasteiger partial charge in [-0.25, -0.2) is 4.98 Å². The maximum absolute atomic E-state index is 9.14. The van der Waals surface area contributed by atoms with E-state index in [2.05, 4.69) is 38.9 Å². The standard InChI is InChI=1S/C24H31N5O3S2/c1-25-19-11-17(32-21(14-31-3)15-4-5-26-22(33)10-15)8-16-9-20(28-23(16)19)24-27-12-18(34-24)13-29(2)6-7-30/h4-5,8-11,18,21,25,28,30H,6-7,12-14H2,1-3H3,(H,26,33)/p+1. The van der Waals surface area contributed by atoms with Crippen LogP contribution >= 0.6 is 11.8 Å². The van der Waals surface area contributed by atoms with Crippen LogP contribution in [0.5, 0.6) is 5.75 Å². The lowest BCUT2D eigenvalue weighted by molar-refractivity contribution is 0.0809. The number of aromatic amines is 1. The molecule has 2 atom stereocenters. The average Bonchev–Trinajstić information content (AvgIpc) is 3.45. The molecule has 0 saturated heterocycles. The third-order valence-electron chi connectivity index (χ3n) is 5.67. The molecule has 182 valence electrons. The second kappa shape index (κ2) is 11.5. The third-order valence-corrected chi connectivity index (χ3v) is 7.14. The highest BCUT2D eigenvalue weighted by Gasteiger charge is 2.24. The molecule has 1 aromatic carbocycles. The number of anilines is 1. The first-order valence-corrected chi connectivity index (χ1v) is 12.6. The van der Waals surface area contributed by atoms with E-state index in [0.29, 0.717) is 18.4 Å². The van der Waals surface area contributed by atoms with Crippen LogP contribution in [-0.2, 0) is 17.4 Å². The normalized spacial score (nSPS) is 16.8. The topological polar surface area (TPSA) is 95.0 Å². The second-order valence-corrected chi connectivity index (χ2v) is 10.1. The number of pyridine rings is 1. The Labute approximate surface area is 209 Å². The maximum Gasteiger partial charge on any atom is 0.242 e. The Bertz CT molecular complexity index is 1150. The number of H-pyrrole nitrogens is 1. The number of nitrogens with one attached hydrogen (secondary N) is 2. The van der Waals surface area contributed by atoms with Crippen LogP contribution in [-0.4, -0.2) is 84.3 Å². The summed E-state index contributed by atoms with van der Waals surface area (Å²) in [6, 6.07) is 10.0. The molecule has 10 heteroatoms. The number of aliphatic hydroxyl groups excluding tert-OH is 1. The van der Waals surface area contributed by atoms with Crippen molar-refractivity contribution in [1.82, 2.24) is 14.9 Å². The van der Waals surface area contributed by atoms with Gasteiger partial charge >= 0.3 is 0 Å². The van der Waals surface area contributed by atoms with Crippen molar-refractivity contribution < 1.29 is 14.6 Å². The molecule has 3 heterocycles. The van der Waals surface area contributed by atoms with E-state index >= 15 is 0 Å². The Morgan fingerprint density at radius 3 is 2.94 bits per heavy atom. The quantitative estimate of drug-likeness (QED) is 0.347. The minimum atomic E-state index is -0.268. The highest BCUT2D eigenvalue weighted by atomic mass is 32.2. The summed E-state index contributed by atoms with van der Waals surface area (Å²) in [5.74, 6) is 0.751. The molecule has 3 N–H and O–H groups in total. The smallest absolute Gasteiger partial charge is 0.242 e. The molecule has 2 aromatic heterocycles. The number of methoxy groups -OCH3 is 1. The van der Waals surface area contributed by atoms with Gasteiger partial charge in [0.05, 0.1) is 36.7 Å². The lowest BCUT2D eigenvalue weighted by Crippen LogP contribution is -2.30. The monoisotopic (exact) mass is 502 g/mol. The molecule has 0 saturated carbocycles. The molecule has 0 fully saturated rings. The van der Waals surface area contributed by atoms with E-state index in [4.69, 9.17) is 19.6 Å². The summed E-state index contributed by atoms with van der Waals surface area (Å²) in [4.78, 5) is 14.7. The highest BCUT2D eigenvalue weighted by Crippen LogP contribution is 2.34. The molecule has 4 rings (SSSR count). The van der Waals surface area contributed by atoms with Crippen LogP contribution < -0.4 is 10.1 Å². The molecule has 1 aliphatic rings. The lowest BCUT2D eigenvalue weighted by Gasteiger charge is -2.19. The summed E-state index contributed by atoms with van der Waals surface area (Å²) >= 11 is 5.27. The molecule has 0 spiro atoms. The number of aliphatic imine (C=N–C) groups is 1. The number of nitrogens with zero attached hydrogens (tertiary/aromatic N) is 3. The van der Waals surface area contributed by atoms with Crippen molar-refractivity contribution in [2.45, 2.75) is 16.4 Å². The summed E-state index contributed by atoms with van der Waals surface area (Å²) in [5, 5.41) is 15.6. The van der Waals surface area contributed by atoms with Crippen LogP contribution in [0.4, 0.5) is 5.69 Å². The van der Waals surface area contributed by atoms with E-state index in [1.54, 1.807) is 25.1 Å². The largest absolute Gasteiger partial charge is 0.483 e. The van der Waals surface area contributed by atoms with Gasteiger partial charge < -0.3 is 29.8 Å². The number of fused-ring (bicyclic) bond motifs is 1. The molecule has 0 bridgehead atoms. The number of hydrogen-bond acceptors (Lipinski definition) is 8. The SMILES string of the molecule is CNc1cc(OC(COC)c2ccnc([SH2+])c2)cc2cc(C3=NCC(CN(C)CCO)S3)[nH]c12. The second-order valence-electron chi connectivity index (χ2n) is 8.28. The fraction of sp³-hybridized carbons (Fsp3) is 0.417. The van der Waals surface area contributed by atoms with Crippen LogP contribution in [0.2, 0.25) is 0 Å². The predicted octanol–water partition coefficient (Wildman–Crippen LogP) is 2.53. The van der Waals surface area contributed by atoms with Gasteiger partial charge in [0.1, 0.15) is 16.9 Å². The van der Waals surface area contributed by atoms with Gasteiger partial charge in [0.2, 0.25) is 5.03 Å². The van der Waals surface area contributed by atoms with E-state index in [9.17, 15) is 0 Å². The third kappa shape index (κ3) is 5.87. The van der Waals surface area contributed by atoms with Gasteiger partial charge in [-0.15, -0.1) is 0 Å². The predicted molar refractivity (Wildman–Crippen MR) is 143 cm³/mol. The zero-order chi connectivity index (χ0) is 24.1. The summed E-state index contributed by atoms with van der Waals surface area (Å²) in [5.41, 5.74) is 3.96. The number of aromatic nitrogens is 2. The Morgan fingerprint density at radius 2 is 2.21 bits per heavy atom. The molecular formula is C24H32N5O3S2+. The minimum Gasteiger partial charge on any atom is -0.483 e. The summed E-state index contributed by atoms with van der Waals surface area (Å²) in [7, 11) is 5.60. The van der Waals surface area contributed by atoms with Gasteiger partial charge in [-0.05, 0) is 25.2 Å². The van der Waals surface area contributed by atoms with Crippen molar-refractivity contribution in [3.63, 3.8) is 0 Å². The minimum absolute atomic E-state index is 0.171. The van der Waals surface area contributed by atoms with Gasteiger partial charge in [-0.3, -0.25) is 4.99 Å². The van der Waals surface area contributed by atoms with Gasteiger partial charge in [0, 0.05) is 74.4 Å². The number of rotatable bonds is 11. The molecule has 8 nitrogen and oxygen atoms in total. The Balaban J connectivity index is 1.55. The first kappa shape index (κ1) is 24.9. The molecule has 0 radical (unpaired) electrons. The molecule has 3 aromatic rings. The van der Waals surface area contributed by atoms with Crippen LogP contribution in [0.25, 0.3) is 10.9 Å². The zero-order valence-corrected chi connectivity index (χ0v) is 21.5. The van der Waals surface area contributed by atoms with E-state index in [1.165, 1.54) is 0 Å². The molecular weight excluding hydrogens is 470 g/mol. The number of likely N-dealkylation sites (N-methyl/N-ethyl adjacent to an activating group) is 1. The van der Waals surface area contributed by atoms with Crippen LogP contribution in [0.15, 0.2) is 46.5 Å². The first-order chi connectivity index (χ1) is 16.5. The van der Waals surface area contributed by atoms with E-state index in [-0.39, 0.29) is 12.7 Å². The molecule has 0 aliphatic carbocycles. The number of ether oxygens (including phenoxy) is 2. The number of hydrogen-bond donors (Lipinski definition) is 3. The van der Waals surface area contributed by atoms with Crippen molar-refractivity contribution >= 4 is 46.0 Å². The fourth-order valence-electron chi connectivity index (χ4n) is 4.03. The van der Waals surface area contributed by atoms with Crippen molar-refractivity contribution in [1.29, 1.82) is 0 Å². The van der Waals surface area contributed by atoms with Gasteiger partial charge in [-0.2, -0.15) is 0 Å². The van der Waals surface area contributed by atoms with Crippen molar-refractivity contribution in [2.24, 2.45) is 4.99 Å². The van der Waals surface area contributed by atoms with E-state index in [0.717, 1.165) is 56.8 Å². The Kier molecular flexibility index (Phi) is 8.38. The lowest BCUT2D eigenvalue weighted by atomic mass is 10.1. The van der Waals surface area contributed by atoms with Crippen molar-refractivity contribution in [3.8, 4) is 5.75 Å². The Morgan fingerprint density at radius 1 is 1.35 bits per heavy atom. The summed E-state index contributed by atoms with van der Waals surface area (Å²) in [6.45, 7) is 2.93. The summed E-state index contributed by atoms with van der Waals surface area (Å²) < 4.78 is 11.8. The molecule has 0 amide bonds. The first-order valence-electron chi connectivity index (χ1n) is 11.2. The van der Waals surface area contributed by atoms with Crippen LogP contribution in [0, 0.1) is 0 Å². The van der Waals surface area contributed by atoms with Crippen molar-refractivity contribution in [2.75, 3.05) is 59.4 Å². The average molecular weight is 503 g/mol. The van der Waals surface area contributed by atoms with Gasteiger partial charge in [0.25, 0.3) is 0 Å². The maximum atomic E-state index is 9.14. The number of thioether (sulfide) groups is 1. The van der Waals surface area contributed by atoms with Crippen molar-refractivity contribution in [3.05, 3.63) is 47.8 Å². The molecule has 2 unspecified atom stereocenters. The zero-order valence-electron chi connectivity index (χ0n) is 19.7. The fourth-order valence-corrected chi connectivity index (χ4v) is 5.45. The van der Waals surface area contributed by atoms with E-state index in [1.807, 2.05) is 38.4 Å². The molecule has 1 aliphatic heterocycles. The van der Waals surface area contributed by atoms with E-state index < -0.39 is 0 Å². The Hall–Kier alpha value is -2.24. The number of benzene rings is 1. The van der Waals surface area contributed by atoms with Crippen LogP contribution in [0.3, 0.4) is 0 Å². The highest BCUT2D eigenvalue weighted by molar-refractivity contribution is 8.15. The number of aliphatic hydroxyl groups is 1. The van der Waals surface area contributed by atoms with Gasteiger partial charge in [-0.1, -0.05) is 11.8 Å². The molecule has 34 heavy (non-hydrogen) atoms.